The normalized spacial score (nSPS) is 18.7. The van der Waals surface area contributed by atoms with Crippen molar-refractivity contribution in [2.24, 2.45) is 0 Å². The number of hydrogen-bond acceptors (Lipinski definition) is 6. The highest BCUT2D eigenvalue weighted by molar-refractivity contribution is 5.68. The Morgan fingerprint density at radius 1 is 1.41 bits per heavy atom. The van der Waals surface area contributed by atoms with Crippen LogP contribution in [-0.4, -0.2) is 52.8 Å². The van der Waals surface area contributed by atoms with Crippen molar-refractivity contribution in [2.75, 3.05) is 25.5 Å². The van der Waals surface area contributed by atoms with E-state index in [0.29, 0.717) is 18.2 Å². The Hall–Kier alpha value is -2.05. The Kier molecular flexibility index (Phi) is 5.05. The van der Waals surface area contributed by atoms with E-state index in [0.717, 1.165) is 19.4 Å². The molecule has 1 aliphatic heterocycles. The molecule has 122 valence electrons. The van der Waals surface area contributed by atoms with Crippen LogP contribution in [0.15, 0.2) is 12.4 Å². The lowest BCUT2D eigenvalue weighted by Crippen LogP contribution is -2.47. The lowest BCUT2D eigenvalue weighted by Gasteiger charge is -2.34. The third kappa shape index (κ3) is 4.75. The number of ether oxygens (including phenoxy) is 2. The van der Waals surface area contributed by atoms with Crippen LogP contribution in [0.5, 0.6) is 5.88 Å². The zero-order valence-electron chi connectivity index (χ0n) is 13.6. The molecule has 7 nitrogen and oxygen atoms in total. The summed E-state index contributed by atoms with van der Waals surface area (Å²) in [5, 5.41) is 3.32. The minimum atomic E-state index is -0.475. The van der Waals surface area contributed by atoms with Crippen LogP contribution in [0, 0.1) is 0 Å². The van der Waals surface area contributed by atoms with Gasteiger partial charge in [0.2, 0.25) is 5.88 Å². The predicted octanol–water partition coefficient (Wildman–Crippen LogP) is 2.30. The summed E-state index contributed by atoms with van der Waals surface area (Å²) in [6.07, 6.45) is 3.10. The largest absolute Gasteiger partial charge is 0.481 e. The van der Waals surface area contributed by atoms with Crippen molar-refractivity contribution in [3.05, 3.63) is 12.4 Å². The van der Waals surface area contributed by atoms with Crippen LogP contribution in [0.4, 0.5) is 10.6 Å². The Bertz CT molecular complexity index is 516. The summed E-state index contributed by atoms with van der Waals surface area (Å²) in [5.41, 5.74) is -0.475. The molecule has 0 spiro atoms. The van der Waals surface area contributed by atoms with Gasteiger partial charge >= 0.3 is 6.09 Å². The summed E-state index contributed by atoms with van der Waals surface area (Å²) in [6, 6.07) is 1.88. The number of piperidine rings is 1. The fourth-order valence-electron chi connectivity index (χ4n) is 2.33. The number of anilines is 1. The zero-order chi connectivity index (χ0) is 16.2. The Labute approximate surface area is 131 Å². The summed E-state index contributed by atoms with van der Waals surface area (Å²) in [7, 11) is 1.57. The number of nitrogens with one attached hydrogen (secondary N) is 1. The van der Waals surface area contributed by atoms with E-state index in [1.807, 2.05) is 20.8 Å². The van der Waals surface area contributed by atoms with Crippen LogP contribution >= 0.6 is 0 Å². The van der Waals surface area contributed by atoms with Gasteiger partial charge in [0.15, 0.2) is 0 Å². The average Bonchev–Trinajstić information content (AvgIpc) is 2.46. The van der Waals surface area contributed by atoms with Crippen LogP contribution in [0.2, 0.25) is 0 Å². The third-order valence-electron chi connectivity index (χ3n) is 3.28. The average molecular weight is 308 g/mol. The molecule has 2 heterocycles. The van der Waals surface area contributed by atoms with E-state index >= 15 is 0 Å². The van der Waals surface area contributed by atoms with Crippen LogP contribution in [0.3, 0.4) is 0 Å². The Balaban J connectivity index is 1.94. The van der Waals surface area contributed by atoms with Crippen molar-refractivity contribution in [3.8, 4) is 5.88 Å². The Morgan fingerprint density at radius 3 is 2.86 bits per heavy atom. The first kappa shape index (κ1) is 16.3. The molecule has 1 aliphatic rings. The molecule has 0 unspecified atom stereocenters. The first-order chi connectivity index (χ1) is 10.4. The fourth-order valence-corrected chi connectivity index (χ4v) is 2.33. The molecule has 0 radical (unpaired) electrons. The summed E-state index contributed by atoms with van der Waals surface area (Å²) in [6.45, 7) is 6.94. The number of amides is 1. The highest BCUT2D eigenvalue weighted by Crippen LogP contribution is 2.19. The number of aromatic nitrogens is 2. The highest BCUT2D eigenvalue weighted by atomic mass is 16.6. The molecule has 1 saturated heterocycles. The molecule has 2 rings (SSSR count). The summed E-state index contributed by atoms with van der Waals surface area (Å²) < 4.78 is 10.5. The molecule has 1 aromatic rings. The number of carbonyl (C=O) groups excluding carboxylic acids is 1. The molecule has 7 heteroatoms. The monoisotopic (exact) mass is 308 g/mol. The number of methoxy groups -OCH3 is 1. The minimum absolute atomic E-state index is 0.140. The lowest BCUT2D eigenvalue weighted by molar-refractivity contribution is 0.0206. The van der Waals surface area contributed by atoms with E-state index in [-0.39, 0.29) is 12.1 Å². The fraction of sp³-hybridized carbons (Fsp3) is 0.667. The first-order valence-corrected chi connectivity index (χ1v) is 7.48. The molecular formula is C15H24N4O3. The second-order valence-electron chi connectivity index (χ2n) is 6.36. The van der Waals surface area contributed by atoms with Crippen LogP contribution in [-0.2, 0) is 4.74 Å². The molecule has 0 bridgehead atoms. The van der Waals surface area contributed by atoms with Crippen molar-refractivity contribution in [1.29, 1.82) is 0 Å². The predicted molar refractivity (Wildman–Crippen MR) is 83.0 cm³/mol. The number of rotatable bonds is 3. The van der Waals surface area contributed by atoms with E-state index in [4.69, 9.17) is 9.47 Å². The topological polar surface area (TPSA) is 76.6 Å². The van der Waals surface area contributed by atoms with Crippen LogP contribution in [0.25, 0.3) is 0 Å². The molecule has 1 amide bonds. The van der Waals surface area contributed by atoms with Gasteiger partial charge in [-0.1, -0.05) is 0 Å². The van der Waals surface area contributed by atoms with Crippen molar-refractivity contribution < 1.29 is 14.3 Å². The van der Waals surface area contributed by atoms with E-state index < -0.39 is 5.60 Å². The van der Waals surface area contributed by atoms with Gasteiger partial charge < -0.3 is 19.7 Å². The molecule has 0 aliphatic carbocycles. The van der Waals surface area contributed by atoms with Crippen molar-refractivity contribution >= 4 is 11.9 Å². The minimum Gasteiger partial charge on any atom is -0.481 e. The van der Waals surface area contributed by atoms with Crippen LogP contribution in [0.1, 0.15) is 33.6 Å². The number of likely N-dealkylation sites (tertiary alicyclic amines) is 1. The van der Waals surface area contributed by atoms with Crippen LogP contribution < -0.4 is 10.1 Å². The van der Waals surface area contributed by atoms with Crippen molar-refractivity contribution in [2.45, 2.75) is 45.3 Å². The standard InChI is InChI=1S/C15H24N4O3/c1-15(2,3)22-14(20)19-7-5-6-11(9-19)18-12-8-13(21-4)17-10-16-12/h8,10-11H,5-7,9H2,1-4H3,(H,16,17,18)/t11-/m0/s1. The van der Waals surface area contributed by atoms with Crippen molar-refractivity contribution in [3.63, 3.8) is 0 Å². The number of nitrogens with zero attached hydrogens (tertiary/aromatic N) is 3. The summed E-state index contributed by atoms with van der Waals surface area (Å²) in [4.78, 5) is 22.0. The quantitative estimate of drug-likeness (QED) is 0.923. The SMILES string of the molecule is COc1cc(N[C@H]2CCCN(C(=O)OC(C)(C)C)C2)ncn1. The third-order valence-corrected chi connectivity index (χ3v) is 3.28. The van der Waals surface area contributed by atoms with Gasteiger partial charge in [-0.15, -0.1) is 0 Å². The summed E-state index contributed by atoms with van der Waals surface area (Å²) >= 11 is 0. The van der Waals surface area contributed by atoms with Gasteiger partial charge in [-0.2, -0.15) is 0 Å². The van der Waals surface area contributed by atoms with Gasteiger partial charge in [0.1, 0.15) is 17.7 Å². The van der Waals surface area contributed by atoms with E-state index in [2.05, 4.69) is 15.3 Å². The van der Waals surface area contributed by atoms with Crippen molar-refractivity contribution in [1.82, 2.24) is 14.9 Å². The van der Waals surface area contributed by atoms with Gasteiger partial charge in [-0.25, -0.2) is 14.8 Å². The maximum Gasteiger partial charge on any atom is 0.410 e. The van der Waals surface area contributed by atoms with Gasteiger partial charge in [-0.05, 0) is 33.6 Å². The molecule has 1 atom stereocenters. The first-order valence-electron chi connectivity index (χ1n) is 7.48. The molecule has 0 saturated carbocycles. The number of carbonyl (C=O) groups is 1. The second kappa shape index (κ2) is 6.81. The molecule has 1 aromatic heterocycles. The molecule has 22 heavy (non-hydrogen) atoms. The molecular weight excluding hydrogens is 284 g/mol. The van der Waals surface area contributed by atoms with E-state index in [1.165, 1.54) is 6.33 Å². The smallest absolute Gasteiger partial charge is 0.410 e. The van der Waals surface area contributed by atoms with Gasteiger partial charge in [0.25, 0.3) is 0 Å². The second-order valence-corrected chi connectivity index (χ2v) is 6.36. The highest BCUT2D eigenvalue weighted by Gasteiger charge is 2.27. The van der Waals surface area contributed by atoms with E-state index in [9.17, 15) is 4.79 Å². The van der Waals surface area contributed by atoms with Gasteiger partial charge in [0.05, 0.1) is 7.11 Å². The lowest BCUT2D eigenvalue weighted by atomic mass is 10.1. The summed E-state index contributed by atoms with van der Waals surface area (Å²) in [5.74, 6) is 1.21. The van der Waals surface area contributed by atoms with E-state index in [1.54, 1.807) is 18.1 Å². The molecule has 1 fully saturated rings. The Morgan fingerprint density at radius 2 is 2.18 bits per heavy atom. The zero-order valence-corrected chi connectivity index (χ0v) is 13.6. The number of hydrogen-bond donors (Lipinski definition) is 1. The van der Waals surface area contributed by atoms with Gasteiger partial charge in [0, 0.05) is 25.2 Å². The molecule has 0 aromatic carbocycles. The van der Waals surface area contributed by atoms with Gasteiger partial charge in [-0.3, -0.25) is 0 Å². The molecule has 1 N–H and O–H groups in total. The maximum atomic E-state index is 12.1. The maximum absolute atomic E-state index is 12.1.